The molecule has 0 aliphatic rings. The number of hydrogen-bond donors (Lipinski definition) is 1. The lowest BCUT2D eigenvalue weighted by molar-refractivity contribution is 0.357. The van der Waals surface area contributed by atoms with E-state index in [4.69, 9.17) is 16.7 Å². The van der Waals surface area contributed by atoms with Gasteiger partial charge in [0, 0.05) is 16.5 Å². The topological polar surface area (TPSA) is 64.9 Å². The van der Waals surface area contributed by atoms with Gasteiger partial charge in [-0.05, 0) is 12.1 Å². The second kappa shape index (κ2) is 5.13. The molecule has 1 aromatic heterocycles. The fourth-order valence-electron chi connectivity index (χ4n) is 1.35. The summed E-state index contributed by atoms with van der Waals surface area (Å²) in [6.07, 6.45) is 5.55. The Morgan fingerprint density at radius 3 is 2.94 bits per heavy atom. The van der Waals surface area contributed by atoms with Crippen LogP contribution in [0.5, 0.6) is 0 Å². The van der Waals surface area contributed by atoms with Gasteiger partial charge in [0.25, 0.3) is 0 Å². The third kappa shape index (κ3) is 2.54. The predicted molar refractivity (Wildman–Crippen MR) is 67.8 cm³/mol. The second-order valence-corrected chi connectivity index (χ2v) is 4.31. The summed E-state index contributed by atoms with van der Waals surface area (Å²) in [5.74, 6) is 3.32. The zero-order valence-corrected chi connectivity index (χ0v) is 10.5. The van der Waals surface area contributed by atoms with E-state index >= 15 is 0 Å². The van der Waals surface area contributed by atoms with E-state index in [0.717, 1.165) is 10.0 Å². The first kappa shape index (κ1) is 11.8. The van der Waals surface area contributed by atoms with Gasteiger partial charge in [-0.25, -0.2) is 0 Å². The van der Waals surface area contributed by atoms with Crippen molar-refractivity contribution in [1.82, 2.24) is 10.1 Å². The van der Waals surface area contributed by atoms with Gasteiger partial charge < -0.3 is 10.3 Å². The molecule has 1 aromatic carbocycles. The molecule has 0 bridgehead atoms. The molecule has 1 unspecified atom stereocenters. The van der Waals surface area contributed by atoms with Crippen molar-refractivity contribution in [2.45, 2.75) is 12.5 Å². The van der Waals surface area contributed by atoms with Gasteiger partial charge in [-0.3, -0.25) is 0 Å². The zero-order chi connectivity index (χ0) is 12.3. The second-order valence-electron chi connectivity index (χ2n) is 3.45. The Labute approximate surface area is 107 Å². The van der Waals surface area contributed by atoms with Crippen molar-refractivity contribution in [1.29, 1.82) is 0 Å². The summed E-state index contributed by atoms with van der Waals surface area (Å²) >= 11 is 3.42. The summed E-state index contributed by atoms with van der Waals surface area (Å²) in [7, 11) is 0. The van der Waals surface area contributed by atoms with E-state index in [-0.39, 0.29) is 0 Å². The Balaban J connectivity index is 2.31. The van der Waals surface area contributed by atoms with E-state index in [1.807, 2.05) is 24.3 Å². The molecular formula is C12H10BrN3O. The van der Waals surface area contributed by atoms with Crippen LogP contribution in [-0.4, -0.2) is 10.1 Å². The first-order valence-corrected chi connectivity index (χ1v) is 5.79. The van der Waals surface area contributed by atoms with Crippen LogP contribution in [0.15, 0.2) is 33.3 Å². The van der Waals surface area contributed by atoms with E-state index in [0.29, 0.717) is 18.1 Å². The summed E-state index contributed by atoms with van der Waals surface area (Å²) in [5.41, 5.74) is 6.64. The molecular weight excluding hydrogens is 282 g/mol. The lowest BCUT2D eigenvalue weighted by atomic mass is 10.2. The Morgan fingerprint density at radius 2 is 2.24 bits per heavy atom. The molecule has 0 radical (unpaired) electrons. The van der Waals surface area contributed by atoms with Gasteiger partial charge in [-0.1, -0.05) is 33.2 Å². The number of hydrogen-bond acceptors (Lipinski definition) is 4. The Morgan fingerprint density at radius 1 is 1.47 bits per heavy atom. The van der Waals surface area contributed by atoms with E-state index in [1.54, 1.807) is 0 Å². The SMILES string of the molecule is C#CCC(N)c1nc(-c2ccccc2Br)no1. The molecule has 17 heavy (non-hydrogen) atoms. The Hall–Kier alpha value is -1.64. The zero-order valence-electron chi connectivity index (χ0n) is 8.93. The van der Waals surface area contributed by atoms with Crippen molar-refractivity contribution >= 4 is 15.9 Å². The van der Waals surface area contributed by atoms with Crippen LogP contribution in [0.4, 0.5) is 0 Å². The van der Waals surface area contributed by atoms with Gasteiger partial charge in [-0.15, -0.1) is 12.3 Å². The highest BCUT2D eigenvalue weighted by Gasteiger charge is 2.15. The van der Waals surface area contributed by atoms with E-state index in [9.17, 15) is 0 Å². The van der Waals surface area contributed by atoms with Gasteiger partial charge in [-0.2, -0.15) is 4.98 Å². The predicted octanol–water partition coefficient (Wildman–Crippen LogP) is 2.52. The van der Waals surface area contributed by atoms with Crippen molar-refractivity contribution in [2.24, 2.45) is 5.73 Å². The van der Waals surface area contributed by atoms with Crippen LogP contribution in [-0.2, 0) is 0 Å². The van der Waals surface area contributed by atoms with E-state index < -0.39 is 6.04 Å². The maximum Gasteiger partial charge on any atom is 0.244 e. The molecule has 0 fully saturated rings. The maximum atomic E-state index is 5.78. The Kier molecular flexibility index (Phi) is 3.57. The standard InChI is InChI=1S/C12H10BrN3O/c1-2-5-10(14)12-15-11(16-17-12)8-6-3-4-7-9(8)13/h1,3-4,6-7,10H,5,14H2. The molecule has 1 heterocycles. The van der Waals surface area contributed by atoms with Crippen LogP contribution in [0.2, 0.25) is 0 Å². The van der Waals surface area contributed by atoms with Crippen molar-refractivity contribution in [2.75, 3.05) is 0 Å². The quantitative estimate of drug-likeness (QED) is 0.883. The smallest absolute Gasteiger partial charge is 0.244 e. The average molecular weight is 292 g/mol. The molecule has 0 saturated carbocycles. The molecule has 2 N–H and O–H groups in total. The minimum atomic E-state index is -0.413. The maximum absolute atomic E-state index is 5.78. The number of rotatable bonds is 3. The largest absolute Gasteiger partial charge is 0.337 e. The number of nitrogens with two attached hydrogens (primary N) is 1. The van der Waals surface area contributed by atoms with Crippen molar-refractivity contribution in [3.63, 3.8) is 0 Å². The number of halogens is 1. The van der Waals surface area contributed by atoms with E-state index in [1.165, 1.54) is 0 Å². The molecule has 1 atom stereocenters. The van der Waals surface area contributed by atoms with Gasteiger partial charge in [0.05, 0.1) is 6.04 Å². The van der Waals surface area contributed by atoms with Crippen LogP contribution >= 0.6 is 15.9 Å². The van der Waals surface area contributed by atoms with Crippen LogP contribution in [0.3, 0.4) is 0 Å². The molecule has 0 amide bonds. The number of aromatic nitrogens is 2. The van der Waals surface area contributed by atoms with Gasteiger partial charge in [0.2, 0.25) is 11.7 Å². The summed E-state index contributed by atoms with van der Waals surface area (Å²) < 4.78 is 5.99. The van der Waals surface area contributed by atoms with Crippen LogP contribution < -0.4 is 5.73 Å². The minimum Gasteiger partial charge on any atom is -0.337 e. The molecule has 5 heteroatoms. The van der Waals surface area contributed by atoms with Gasteiger partial charge in [0.15, 0.2) is 0 Å². The number of terminal acetylenes is 1. The molecule has 0 spiro atoms. The fourth-order valence-corrected chi connectivity index (χ4v) is 1.81. The van der Waals surface area contributed by atoms with Crippen LogP contribution in [0.25, 0.3) is 11.4 Å². The summed E-state index contributed by atoms with van der Waals surface area (Å²) in [4.78, 5) is 4.23. The minimum absolute atomic E-state index is 0.355. The third-order valence-electron chi connectivity index (χ3n) is 2.21. The van der Waals surface area contributed by atoms with Crippen LogP contribution in [0, 0.1) is 12.3 Å². The molecule has 0 saturated heterocycles. The first-order chi connectivity index (χ1) is 8.22. The normalized spacial score (nSPS) is 12.1. The number of nitrogens with zero attached hydrogens (tertiary/aromatic N) is 2. The molecule has 0 aliphatic carbocycles. The lowest BCUT2D eigenvalue weighted by Crippen LogP contribution is -2.09. The highest BCUT2D eigenvalue weighted by Crippen LogP contribution is 2.26. The fraction of sp³-hybridized carbons (Fsp3) is 0.167. The highest BCUT2D eigenvalue weighted by atomic mass is 79.9. The van der Waals surface area contributed by atoms with Crippen molar-refractivity contribution in [3.8, 4) is 23.7 Å². The van der Waals surface area contributed by atoms with Crippen molar-refractivity contribution < 1.29 is 4.52 Å². The third-order valence-corrected chi connectivity index (χ3v) is 2.90. The summed E-state index contributed by atoms with van der Waals surface area (Å²) in [6.45, 7) is 0. The molecule has 2 aromatic rings. The van der Waals surface area contributed by atoms with Crippen molar-refractivity contribution in [3.05, 3.63) is 34.6 Å². The average Bonchev–Trinajstić information content (AvgIpc) is 2.79. The van der Waals surface area contributed by atoms with Crippen LogP contribution in [0.1, 0.15) is 18.4 Å². The van der Waals surface area contributed by atoms with Gasteiger partial charge in [0.1, 0.15) is 0 Å². The molecule has 0 aliphatic heterocycles. The summed E-state index contributed by atoms with van der Waals surface area (Å²) in [6, 6.07) is 7.21. The molecule has 86 valence electrons. The number of benzene rings is 1. The van der Waals surface area contributed by atoms with E-state index in [2.05, 4.69) is 32.0 Å². The Bertz CT molecular complexity index is 559. The summed E-state index contributed by atoms with van der Waals surface area (Å²) in [5, 5.41) is 3.89. The lowest BCUT2D eigenvalue weighted by Gasteiger charge is -1.99. The monoisotopic (exact) mass is 291 g/mol. The highest BCUT2D eigenvalue weighted by molar-refractivity contribution is 9.10. The van der Waals surface area contributed by atoms with Gasteiger partial charge >= 0.3 is 0 Å². The molecule has 2 rings (SSSR count). The first-order valence-electron chi connectivity index (χ1n) is 5.00. The molecule has 4 nitrogen and oxygen atoms in total.